The van der Waals surface area contributed by atoms with Crippen LogP contribution in [0.1, 0.15) is 25.7 Å². The van der Waals surface area contributed by atoms with E-state index < -0.39 is 0 Å². The summed E-state index contributed by atoms with van der Waals surface area (Å²) in [6.45, 7) is 5.24. The highest BCUT2D eigenvalue weighted by Crippen LogP contribution is 2.11. The zero-order valence-corrected chi connectivity index (χ0v) is 7.18. The van der Waals surface area contributed by atoms with Crippen molar-refractivity contribution in [3.63, 3.8) is 0 Å². The molecule has 0 amide bonds. The number of rotatable bonds is 2. The molecule has 2 rings (SSSR count). The summed E-state index contributed by atoms with van der Waals surface area (Å²) in [5, 5.41) is 3.54. The van der Waals surface area contributed by atoms with E-state index in [1.165, 1.54) is 51.9 Å². The van der Waals surface area contributed by atoms with E-state index in [0.717, 1.165) is 6.04 Å². The zero-order valence-electron chi connectivity index (χ0n) is 7.18. The molecule has 1 unspecified atom stereocenters. The molecule has 64 valence electrons. The van der Waals surface area contributed by atoms with E-state index in [-0.39, 0.29) is 0 Å². The first kappa shape index (κ1) is 7.56. The summed E-state index contributed by atoms with van der Waals surface area (Å²) in [4.78, 5) is 2.60. The molecule has 11 heavy (non-hydrogen) atoms. The molecule has 0 spiro atoms. The van der Waals surface area contributed by atoms with Crippen molar-refractivity contribution in [2.24, 2.45) is 0 Å². The summed E-state index contributed by atoms with van der Waals surface area (Å²) < 4.78 is 0. The predicted molar refractivity (Wildman–Crippen MR) is 46.7 cm³/mol. The van der Waals surface area contributed by atoms with Crippen molar-refractivity contribution >= 4 is 0 Å². The molecule has 2 aliphatic heterocycles. The average Bonchev–Trinajstić information content (AvgIpc) is 2.60. The normalized spacial score (nSPS) is 33.3. The first-order valence-corrected chi connectivity index (χ1v) is 4.91. The Hall–Kier alpha value is -0.0800. The first-order chi connectivity index (χ1) is 5.45. The van der Waals surface area contributed by atoms with Crippen LogP contribution in [-0.4, -0.2) is 37.1 Å². The SMILES string of the molecule is C1CNC(CN2CCCC2)C1. The van der Waals surface area contributed by atoms with Gasteiger partial charge in [0.25, 0.3) is 0 Å². The minimum atomic E-state index is 0.813. The van der Waals surface area contributed by atoms with Gasteiger partial charge in [-0.2, -0.15) is 0 Å². The number of nitrogens with zero attached hydrogens (tertiary/aromatic N) is 1. The van der Waals surface area contributed by atoms with Crippen LogP contribution in [0.4, 0.5) is 0 Å². The van der Waals surface area contributed by atoms with Gasteiger partial charge in [0, 0.05) is 12.6 Å². The Labute approximate surface area is 69.0 Å². The second-order valence-electron chi connectivity index (χ2n) is 3.80. The molecule has 0 saturated carbocycles. The van der Waals surface area contributed by atoms with Gasteiger partial charge in [-0.1, -0.05) is 0 Å². The van der Waals surface area contributed by atoms with Crippen LogP contribution in [0.25, 0.3) is 0 Å². The minimum absolute atomic E-state index is 0.813. The molecule has 1 N–H and O–H groups in total. The van der Waals surface area contributed by atoms with Crippen molar-refractivity contribution in [1.29, 1.82) is 0 Å². The van der Waals surface area contributed by atoms with E-state index in [0.29, 0.717) is 0 Å². The van der Waals surface area contributed by atoms with Crippen molar-refractivity contribution < 1.29 is 0 Å². The number of nitrogens with one attached hydrogen (secondary N) is 1. The van der Waals surface area contributed by atoms with Gasteiger partial charge in [0.15, 0.2) is 0 Å². The molecular formula is C9H18N2. The van der Waals surface area contributed by atoms with Crippen LogP contribution in [0.15, 0.2) is 0 Å². The summed E-state index contributed by atoms with van der Waals surface area (Å²) in [6, 6.07) is 0.813. The van der Waals surface area contributed by atoms with Crippen LogP contribution in [0.5, 0.6) is 0 Å². The molecule has 0 aliphatic carbocycles. The van der Waals surface area contributed by atoms with Crippen LogP contribution in [-0.2, 0) is 0 Å². The van der Waals surface area contributed by atoms with Gasteiger partial charge in [0.2, 0.25) is 0 Å². The maximum atomic E-state index is 3.54. The highest BCUT2D eigenvalue weighted by molar-refractivity contribution is 4.79. The third-order valence-electron chi connectivity index (χ3n) is 2.84. The Morgan fingerprint density at radius 1 is 1.18 bits per heavy atom. The highest BCUT2D eigenvalue weighted by atomic mass is 15.2. The standard InChI is InChI=1S/C9H18N2/c1-2-7-11(6-1)8-9-4-3-5-10-9/h9-10H,1-8H2. The van der Waals surface area contributed by atoms with Gasteiger partial charge in [-0.3, -0.25) is 0 Å². The van der Waals surface area contributed by atoms with Crippen LogP contribution in [0, 0.1) is 0 Å². The maximum Gasteiger partial charge on any atom is 0.0195 e. The van der Waals surface area contributed by atoms with Crippen molar-refractivity contribution in [2.75, 3.05) is 26.2 Å². The Bertz CT molecular complexity index is 98.7. The van der Waals surface area contributed by atoms with Crippen LogP contribution in [0.2, 0.25) is 0 Å². The Kier molecular flexibility index (Phi) is 2.44. The van der Waals surface area contributed by atoms with Gasteiger partial charge < -0.3 is 10.2 Å². The fraction of sp³-hybridized carbons (Fsp3) is 1.00. The molecule has 0 radical (unpaired) electrons. The molecule has 2 nitrogen and oxygen atoms in total. The lowest BCUT2D eigenvalue weighted by Gasteiger charge is -2.19. The fourth-order valence-corrected chi connectivity index (χ4v) is 2.19. The summed E-state index contributed by atoms with van der Waals surface area (Å²) in [7, 11) is 0. The van der Waals surface area contributed by atoms with Gasteiger partial charge in [0.05, 0.1) is 0 Å². The van der Waals surface area contributed by atoms with Crippen molar-refractivity contribution in [3.05, 3.63) is 0 Å². The second-order valence-corrected chi connectivity index (χ2v) is 3.80. The van der Waals surface area contributed by atoms with E-state index in [9.17, 15) is 0 Å². The van der Waals surface area contributed by atoms with E-state index >= 15 is 0 Å². The van der Waals surface area contributed by atoms with Gasteiger partial charge in [-0.05, 0) is 45.3 Å². The Morgan fingerprint density at radius 3 is 2.64 bits per heavy atom. The minimum Gasteiger partial charge on any atom is -0.313 e. The molecule has 2 saturated heterocycles. The number of hydrogen-bond donors (Lipinski definition) is 1. The summed E-state index contributed by atoms with van der Waals surface area (Å²) in [5.74, 6) is 0. The summed E-state index contributed by atoms with van der Waals surface area (Å²) >= 11 is 0. The predicted octanol–water partition coefficient (Wildman–Crippen LogP) is 0.834. The van der Waals surface area contributed by atoms with Crippen LogP contribution >= 0.6 is 0 Å². The topological polar surface area (TPSA) is 15.3 Å². The lowest BCUT2D eigenvalue weighted by molar-refractivity contribution is 0.303. The van der Waals surface area contributed by atoms with Gasteiger partial charge in [-0.25, -0.2) is 0 Å². The molecule has 2 fully saturated rings. The first-order valence-electron chi connectivity index (χ1n) is 4.91. The third kappa shape index (κ3) is 1.94. The van der Waals surface area contributed by atoms with Crippen LogP contribution < -0.4 is 5.32 Å². The van der Waals surface area contributed by atoms with Gasteiger partial charge >= 0.3 is 0 Å². The van der Waals surface area contributed by atoms with E-state index in [1.54, 1.807) is 0 Å². The lowest BCUT2D eigenvalue weighted by Crippen LogP contribution is -2.35. The van der Waals surface area contributed by atoms with E-state index in [4.69, 9.17) is 0 Å². The average molecular weight is 154 g/mol. The van der Waals surface area contributed by atoms with Crippen molar-refractivity contribution in [2.45, 2.75) is 31.7 Å². The quantitative estimate of drug-likeness (QED) is 0.634. The molecule has 0 aromatic carbocycles. The van der Waals surface area contributed by atoms with Crippen molar-refractivity contribution in [1.82, 2.24) is 10.2 Å². The van der Waals surface area contributed by atoms with E-state index in [2.05, 4.69) is 10.2 Å². The number of likely N-dealkylation sites (tertiary alicyclic amines) is 1. The highest BCUT2D eigenvalue weighted by Gasteiger charge is 2.19. The van der Waals surface area contributed by atoms with Gasteiger partial charge in [0.1, 0.15) is 0 Å². The van der Waals surface area contributed by atoms with E-state index in [1.807, 2.05) is 0 Å². The van der Waals surface area contributed by atoms with Gasteiger partial charge in [-0.15, -0.1) is 0 Å². The molecule has 2 aliphatic rings. The Morgan fingerprint density at radius 2 is 2.00 bits per heavy atom. The molecule has 2 heterocycles. The smallest absolute Gasteiger partial charge is 0.0195 e. The maximum absolute atomic E-state index is 3.54. The molecule has 2 heteroatoms. The molecule has 0 aromatic heterocycles. The summed E-state index contributed by atoms with van der Waals surface area (Å²) in [5.41, 5.74) is 0. The third-order valence-corrected chi connectivity index (χ3v) is 2.84. The fourth-order valence-electron chi connectivity index (χ4n) is 2.19. The molecule has 0 aromatic rings. The molecular weight excluding hydrogens is 136 g/mol. The lowest BCUT2D eigenvalue weighted by atomic mass is 10.2. The monoisotopic (exact) mass is 154 g/mol. The van der Waals surface area contributed by atoms with Crippen LogP contribution in [0.3, 0.4) is 0 Å². The zero-order chi connectivity index (χ0) is 7.52. The molecule has 1 atom stereocenters. The number of hydrogen-bond acceptors (Lipinski definition) is 2. The Balaban J connectivity index is 1.71. The van der Waals surface area contributed by atoms with Crippen molar-refractivity contribution in [3.8, 4) is 0 Å². The second kappa shape index (κ2) is 3.55. The molecule has 0 bridgehead atoms. The largest absolute Gasteiger partial charge is 0.313 e. The summed E-state index contributed by atoms with van der Waals surface area (Å²) in [6.07, 6.45) is 5.63.